The number of nitrogens with one attached hydrogen (secondary N) is 2. The molecule has 4 N–H and O–H groups in total. The maximum Gasteiger partial charge on any atom is 0.251 e. The highest BCUT2D eigenvalue weighted by molar-refractivity contribution is 8.00. The van der Waals surface area contributed by atoms with Gasteiger partial charge >= 0.3 is 0 Å². The number of rotatable bonds is 4. The first-order valence-electron chi connectivity index (χ1n) is 7.57. The number of benzene rings is 1. The maximum atomic E-state index is 12.5. The van der Waals surface area contributed by atoms with E-state index < -0.39 is 0 Å². The van der Waals surface area contributed by atoms with Crippen LogP contribution in [0.5, 0.6) is 0 Å². The Hall–Kier alpha value is -1.53. The number of hydrogen-bond acceptors (Lipinski definition) is 4. The summed E-state index contributed by atoms with van der Waals surface area (Å²) < 4.78 is 0. The molecule has 5 nitrogen and oxygen atoms in total. The Morgan fingerprint density at radius 2 is 2.23 bits per heavy atom. The summed E-state index contributed by atoms with van der Waals surface area (Å²) in [6, 6.07) is 5.43. The SMILES string of the molecule is CC1Sc2ccc(C(=O)NC(C)(CN)C3CC3)cc2NC1=O. The molecule has 0 bridgehead atoms. The minimum Gasteiger partial charge on any atom is -0.345 e. The van der Waals surface area contributed by atoms with Gasteiger partial charge in [0, 0.05) is 17.0 Å². The molecular weight excluding hydrogens is 298 g/mol. The molecule has 6 heteroatoms. The molecule has 22 heavy (non-hydrogen) atoms. The molecule has 3 rings (SSSR count). The highest BCUT2D eigenvalue weighted by Crippen LogP contribution is 2.39. The minimum absolute atomic E-state index is 0.0279. The van der Waals surface area contributed by atoms with Gasteiger partial charge in [0.1, 0.15) is 0 Å². The number of thioether (sulfide) groups is 1. The van der Waals surface area contributed by atoms with Crippen molar-refractivity contribution in [3.8, 4) is 0 Å². The predicted molar refractivity (Wildman–Crippen MR) is 88.0 cm³/mol. The summed E-state index contributed by atoms with van der Waals surface area (Å²) in [6.07, 6.45) is 2.23. The molecule has 1 saturated carbocycles. The summed E-state index contributed by atoms with van der Waals surface area (Å²) in [7, 11) is 0. The van der Waals surface area contributed by atoms with Gasteiger partial charge in [-0.1, -0.05) is 0 Å². The number of carbonyl (C=O) groups excluding carboxylic acids is 2. The van der Waals surface area contributed by atoms with Gasteiger partial charge in [-0.15, -0.1) is 11.8 Å². The molecular formula is C16H21N3O2S. The number of nitrogens with two attached hydrogens (primary N) is 1. The highest BCUT2D eigenvalue weighted by Gasteiger charge is 2.41. The number of carbonyl (C=O) groups is 2. The minimum atomic E-state index is -0.348. The molecule has 0 aromatic heterocycles. The van der Waals surface area contributed by atoms with Crippen LogP contribution in [0.25, 0.3) is 0 Å². The Morgan fingerprint density at radius 1 is 1.50 bits per heavy atom. The second-order valence-corrected chi connectivity index (χ2v) is 7.69. The number of anilines is 1. The van der Waals surface area contributed by atoms with E-state index in [0.717, 1.165) is 17.7 Å². The van der Waals surface area contributed by atoms with Crippen molar-refractivity contribution >= 4 is 29.3 Å². The zero-order chi connectivity index (χ0) is 15.9. The maximum absolute atomic E-state index is 12.5. The third-order valence-corrected chi connectivity index (χ3v) is 5.65. The van der Waals surface area contributed by atoms with Gasteiger partial charge < -0.3 is 16.4 Å². The molecule has 2 amide bonds. The molecule has 2 atom stereocenters. The number of amides is 2. The van der Waals surface area contributed by atoms with Gasteiger partial charge in [-0.05, 0) is 50.8 Å². The molecule has 2 unspecified atom stereocenters. The van der Waals surface area contributed by atoms with Crippen LogP contribution in [-0.4, -0.2) is 29.1 Å². The first kappa shape index (κ1) is 15.4. The van der Waals surface area contributed by atoms with Gasteiger partial charge in [-0.2, -0.15) is 0 Å². The lowest BCUT2D eigenvalue weighted by molar-refractivity contribution is -0.115. The second kappa shape index (κ2) is 5.59. The molecule has 1 aliphatic heterocycles. The molecule has 1 aliphatic carbocycles. The third kappa shape index (κ3) is 2.85. The summed E-state index contributed by atoms with van der Waals surface area (Å²) in [4.78, 5) is 25.3. The molecule has 0 saturated heterocycles. The van der Waals surface area contributed by atoms with Gasteiger partial charge in [0.05, 0.1) is 16.5 Å². The van der Waals surface area contributed by atoms with Gasteiger partial charge in [-0.25, -0.2) is 0 Å². The molecule has 0 spiro atoms. The smallest absolute Gasteiger partial charge is 0.251 e. The lowest BCUT2D eigenvalue weighted by Crippen LogP contribution is -2.53. The van der Waals surface area contributed by atoms with E-state index in [1.54, 1.807) is 12.1 Å². The Bertz CT molecular complexity index is 630. The number of hydrogen-bond donors (Lipinski definition) is 3. The summed E-state index contributed by atoms with van der Waals surface area (Å²) >= 11 is 1.51. The van der Waals surface area contributed by atoms with Gasteiger partial charge in [-0.3, -0.25) is 9.59 Å². The van der Waals surface area contributed by atoms with Crippen LogP contribution in [0.15, 0.2) is 23.1 Å². The largest absolute Gasteiger partial charge is 0.345 e. The lowest BCUT2D eigenvalue weighted by Gasteiger charge is -2.30. The van der Waals surface area contributed by atoms with E-state index in [2.05, 4.69) is 10.6 Å². The van der Waals surface area contributed by atoms with Crippen molar-refractivity contribution in [2.24, 2.45) is 11.7 Å². The fourth-order valence-corrected chi connectivity index (χ4v) is 3.65. The van der Waals surface area contributed by atoms with Crippen molar-refractivity contribution in [3.63, 3.8) is 0 Å². The van der Waals surface area contributed by atoms with Crippen molar-refractivity contribution in [1.82, 2.24) is 5.32 Å². The number of fused-ring (bicyclic) bond motifs is 1. The first-order valence-corrected chi connectivity index (χ1v) is 8.45. The summed E-state index contributed by atoms with van der Waals surface area (Å²) in [6.45, 7) is 4.30. The van der Waals surface area contributed by atoms with Crippen molar-refractivity contribution < 1.29 is 9.59 Å². The predicted octanol–water partition coefficient (Wildman–Crippen LogP) is 1.98. The monoisotopic (exact) mass is 319 g/mol. The topological polar surface area (TPSA) is 84.2 Å². The zero-order valence-corrected chi connectivity index (χ0v) is 13.6. The molecule has 118 valence electrons. The zero-order valence-electron chi connectivity index (χ0n) is 12.8. The van der Waals surface area contributed by atoms with Gasteiger partial charge in [0.2, 0.25) is 5.91 Å². The van der Waals surface area contributed by atoms with Crippen LogP contribution in [0.3, 0.4) is 0 Å². The summed E-state index contributed by atoms with van der Waals surface area (Å²) in [5, 5.41) is 5.81. The Morgan fingerprint density at radius 3 is 2.86 bits per heavy atom. The van der Waals surface area contributed by atoms with Crippen molar-refractivity contribution in [1.29, 1.82) is 0 Å². The Balaban J connectivity index is 1.79. The van der Waals surface area contributed by atoms with Crippen LogP contribution < -0.4 is 16.4 Å². The fourth-order valence-electron chi connectivity index (χ4n) is 2.72. The molecule has 0 radical (unpaired) electrons. The summed E-state index contributed by atoms with van der Waals surface area (Å²) in [5.41, 5.74) is 6.76. The van der Waals surface area contributed by atoms with Crippen LogP contribution in [0.2, 0.25) is 0 Å². The molecule has 2 aliphatic rings. The molecule has 1 fully saturated rings. The quantitative estimate of drug-likeness (QED) is 0.792. The van der Waals surface area contributed by atoms with Gasteiger partial charge in [0.15, 0.2) is 0 Å². The van der Waals surface area contributed by atoms with E-state index in [4.69, 9.17) is 5.73 Å². The van der Waals surface area contributed by atoms with Crippen LogP contribution in [-0.2, 0) is 4.79 Å². The van der Waals surface area contributed by atoms with E-state index in [-0.39, 0.29) is 22.6 Å². The van der Waals surface area contributed by atoms with Crippen LogP contribution >= 0.6 is 11.8 Å². The first-order chi connectivity index (χ1) is 10.4. The van der Waals surface area contributed by atoms with Gasteiger partial charge in [0.25, 0.3) is 5.91 Å². The average Bonchev–Trinajstić information content (AvgIpc) is 3.33. The van der Waals surface area contributed by atoms with Crippen LogP contribution in [0.1, 0.15) is 37.0 Å². The Kier molecular flexibility index (Phi) is 3.91. The third-order valence-electron chi connectivity index (χ3n) is 4.47. The van der Waals surface area contributed by atoms with E-state index in [0.29, 0.717) is 23.7 Å². The van der Waals surface area contributed by atoms with E-state index in [1.165, 1.54) is 11.8 Å². The highest BCUT2D eigenvalue weighted by atomic mass is 32.2. The van der Waals surface area contributed by atoms with Crippen molar-refractivity contribution in [3.05, 3.63) is 23.8 Å². The van der Waals surface area contributed by atoms with Crippen molar-refractivity contribution in [2.75, 3.05) is 11.9 Å². The normalized spacial score (nSPS) is 23.2. The molecule has 1 heterocycles. The van der Waals surface area contributed by atoms with E-state index in [9.17, 15) is 9.59 Å². The van der Waals surface area contributed by atoms with Crippen LogP contribution in [0, 0.1) is 5.92 Å². The van der Waals surface area contributed by atoms with Crippen molar-refractivity contribution in [2.45, 2.75) is 42.4 Å². The van der Waals surface area contributed by atoms with E-state index >= 15 is 0 Å². The molecule has 1 aromatic carbocycles. The lowest BCUT2D eigenvalue weighted by atomic mass is 9.95. The summed E-state index contributed by atoms with van der Waals surface area (Å²) in [5.74, 6) is 0.301. The Labute approximate surface area is 134 Å². The standard InChI is InChI=1S/C16H21N3O2S/c1-9-14(20)18-12-7-10(3-6-13(12)22-9)15(21)19-16(2,8-17)11-4-5-11/h3,6-7,9,11H,4-5,8,17H2,1-2H3,(H,18,20)(H,19,21). The molecule has 1 aromatic rings. The van der Waals surface area contributed by atoms with Crippen LogP contribution in [0.4, 0.5) is 5.69 Å². The fraction of sp³-hybridized carbons (Fsp3) is 0.500. The average molecular weight is 319 g/mol. The van der Waals surface area contributed by atoms with E-state index in [1.807, 2.05) is 19.9 Å². The second-order valence-electron chi connectivity index (χ2n) is 6.31.